The van der Waals surface area contributed by atoms with Crippen LogP contribution in [0.15, 0.2) is 24.3 Å². The summed E-state index contributed by atoms with van der Waals surface area (Å²) in [5, 5.41) is 0. The summed E-state index contributed by atoms with van der Waals surface area (Å²) in [5.41, 5.74) is 4.47. The van der Waals surface area contributed by atoms with Gasteiger partial charge in [0.2, 0.25) is 0 Å². The lowest BCUT2D eigenvalue weighted by Gasteiger charge is -2.19. The van der Waals surface area contributed by atoms with E-state index in [1.165, 1.54) is 6.92 Å². The van der Waals surface area contributed by atoms with Gasteiger partial charge in [-0.1, -0.05) is 12.1 Å². The van der Waals surface area contributed by atoms with Crippen LogP contribution in [0.5, 0.6) is 5.75 Å². The second kappa shape index (κ2) is 4.62. The van der Waals surface area contributed by atoms with E-state index in [1.807, 2.05) is 13.8 Å². The third kappa shape index (κ3) is 3.20. The van der Waals surface area contributed by atoms with Crippen LogP contribution in [0.2, 0.25) is 0 Å². The molecule has 1 atom stereocenters. The minimum absolute atomic E-state index is 0.0165. The van der Waals surface area contributed by atoms with Crippen molar-refractivity contribution < 1.29 is 9.13 Å². The Morgan fingerprint density at radius 2 is 1.87 bits per heavy atom. The number of nitrogens with two attached hydrogens (primary N) is 1. The van der Waals surface area contributed by atoms with Crippen LogP contribution < -0.4 is 10.5 Å². The third-order valence-corrected chi connectivity index (χ3v) is 2.21. The maximum Gasteiger partial charge on any atom is 0.145 e. The minimum atomic E-state index is -1.46. The highest BCUT2D eigenvalue weighted by molar-refractivity contribution is 5.30. The number of ether oxygens (including phenoxy) is 1. The zero-order chi connectivity index (χ0) is 11.5. The van der Waals surface area contributed by atoms with Crippen LogP contribution >= 0.6 is 0 Å². The first kappa shape index (κ1) is 12.0. The molecule has 2 nitrogen and oxygen atoms in total. The standard InChI is InChI=1S/C12H18FNO/c1-9(2)15-11-6-4-10(5-7-11)12(3,13)8-14/h4-7,9H,8,14H2,1-3H3. The molecular weight excluding hydrogens is 193 g/mol. The van der Waals surface area contributed by atoms with Crippen LogP contribution in [-0.4, -0.2) is 12.6 Å². The molecule has 2 N–H and O–H groups in total. The van der Waals surface area contributed by atoms with Crippen molar-refractivity contribution in [3.05, 3.63) is 29.8 Å². The van der Waals surface area contributed by atoms with Crippen LogP contribution in [0.25, 0.3) is 0 Å². The molecule has 1 unspecified atom stereocenters. The first-order chi connectivity index (χ1) is 6.95. The smallest absolute Gasteiger partial charge is 0.145 e. The van der Waals surface area contributed by atoms with Gasteiger partial charge in [0.15, 0.2) is 0 Å². The van der Waals surface area contributed by atoms with Crippen molar-refractivity contribution in [1.82, 2.24) is 0 Å². The summed E-state index contributed by atoms with van der Waals surface area (Å²) < 4.78 is 19.2. The summed E-state index contributed by atoms with van der Waals surface area (Å²) in [6.45, 7) is 5.36. The highest BCUT2D eigenvalue weighted by Gasteiger charge is 2.23. The quantitative estimate of drug-likeness (QED) is 0.830. The Labute approximate surface area is 90.2 Å². The summed E-state index contributed by atoms with van der Waals surface area (Å²) in [5.74, 6) is 0.751. The topological polar surface area (TPSA) is 35.2 Å². The van der Waals surface area contributed by atoms with Gasteiger partial charge in [-0.2, -0.15) is 0 Å². The van der Waals surface area contributed by atoms with E-state index in [0.717, 1.165) is 5.75 Å². The predicted molar refractivity (Wildman–Crippen MR) is 59.7 cm³/mol. The molecule has 1 aromatic carbocycles. The molecule has 0 aromatic heterocycles. The Morgan fingerprint density at radius 1 is 1.33 bits per heavy atom. The van der Waals surface area contributed by atoms with Gasteiger partial charge in [-0.25, -0.2) is 4.39 Å². The molecule has 0 spiro atoms. The Bertz CT molecular complexity index is 306. The SMILES string of the molecule is CC(C)Oc1ccc(C(C)(F)CN)cc1. The molecule has 3 heteroatoms. The summed E-state index contributed by atoms with van der Waals surface area (Å²) in [7, 11) is 0. The lowest BCUT2D eigenvalue weighted by atomic mass is 9.98. The zero-order valence-electron chi connectivity index (χ0n) is 9.46. The van der Waals surface area contributed by atoms with Gasteiger partial charge in [0.25, 0.3) is 0 Å². The fourth-order valence-electron chi connectivity index (χ4n) is 1.27. The van der Waals surface area contributed by atoms with Crippen LogP contribution in [-0.2, 0) is 5.67 Å². The molecule has 0 fully saturated rings. The van der Waals surface area contributed by atoms with Gasteiger partial charge in [0.05, 0.1) is 6.10 Å². The molecule has 0 amide bonds. The fourth-order valence-corrected chi connectivity index (χ4v) is 1.27. The largest absolute Gasteiger partial charge is 0.491 e. The summed E-state index contributed by atoms with van der Waals surface area (Å²) in [6.07, 6.45) is 0.127. The van der Waals surface area contributed by atoms with Gasteiger partial charge in [-0.15, -0.1) is 0 Å². The van der Waals surface area contributed by atoms with E-state index in [9.17, 15) is 4.39 Å². The van der Waals surface area contributed by atoms with Gasteiger partial charge in [0, 0.05) is 6.54 Å². The van der Waals surface area contributed by atoms with Gasteiger partial charge in [-0.3, -0.25) is 0 Å². The summed E-state index contributed by atoms with van der Waals surface area (Å²) in [4.78, 5) is 0. The number of hydrogen-bond acceptors (Lipinski definition) is 2. The average molecular weight is 211 g/mol. The van der Waals surface area contributed by atoms with E-state index >= 15 is 0 Å². The Morgan fingerprint density at radius 3 is 2.27 bits per heavy atom. The Balaban J connectivity index is 2.81. The highest BCUT2D eigenvalue weighted by atomic mass is 19.1. The maximum absolute atomic E-state index is 13.8. The van der Waals surface area contributed by atoms with Crippen molar-refractivity contribution in [1.29, 1.82) is 0 Å². The molecule has 0 aliphatic rings. The van der Waals surface area contributed by atoms with E-state index < -0.39 is 5.67 Å². The predicted octanol–water partition coefficient (Wildman–Crippen LogP) is 2.62. The number of hydrogen-bond donors (Lipinski definition) is 1. The molecule has 1 aromatic rings. The minimum Gasteiger partial charge on any atom is -0.491 e. The normalized spacial score (nSPS) is 15.1. The number of alkyl halides is 1. The fraction of sp³-hybridized carbons (Fsp3) is 0.500. The van der Waals surface area contributed by atoms with Crippen molar-refractivity contribution in [2.24, 2.45) is 5.73 Å². The molecule has 15 heavy (non-hydrogen) atoms. The lowest BCUT2D eigenvalue weighted by Crippen LogP contribution is -2.26. The monoisotopic (exact) mass is 211 g/mol. The molecule has 1 rings (SSSR count). The molecule has 0 heterocycles. The van der Waals surface area contributed by atoms with Crippen molar-refractivity contribution in [2.45, 2.75) is 32.5 Å². The van der Waals surface area contributed by atoms with Crippen LogP contribution in [0.4, 0.5) is 4.39 Å². The third-order valence-electron chi connectivity index (χ3n) is 2.21. The number of halogens is 1. The summed E-state index contributed by atoms with van der Waals surface area (Å²) >= 11 is 0. The second-order valence-corrected chi connectivity index (χ2v) is 4.09. The van der Waals surface area contributed by atoms with E-state index in [-0.39, 0.29) is 12.6 Å². The molecule has 0 aliphatic heterocycles. The number of benzene rings is 1. The van der Waals surface area contributed by atoms with E-state index in [1.54, 1.807) is 24.3 Å². The van der Waals surface area contributed by atoms with Crippen molar-refractivity contribution in [2.75, 3.05) is 6.54 Å². The molecule has 84 valence electrons. The van der Waals surface area contributed by atoms with Gasteiger partial charge in [0.1, 0.15) is 11.4 Å². The first-order valence-electron chi connectivity index (χ1n) is 5.12. The van der Waals surface area contributed by atoms with Crippen LogP contribution in [0.1, 0.15) is 26.3 Å². The van der Waals surface area contributed by atoms with Crippen LogP contribution in [0, 0.1) is 0 Å². The Hall–Kier alpha value is -1.09. The van der Waals surface area contributed by atoms with Crippen molar-refractivity contribution in [3.8, 4) is 5.75 Å². The second-order valence-electron chi connectivity index (χ2n) is 4.09. The zero-order valence-corrected chi connectivity index (χ0v) is 9.46. The van der Waals surface area contributed by atoms with Gasteiger partial charge in [-0.05, 0) is 38.5 Å². The first-order valence-corrected chi connectivity index (χ1v) is 5.12. The van der Waals surface area contributed by atoms with E-state index in [4.69, 9.17) is 10.5 Å². The lowest BCUT2D eigenvalue weighted by molar-refractivity contribution is 0.203. The summed E-state index contributed by atoms with van der Waals surface area (Å²) in [6, 6.07) is 6.96. The van der Waals surface area contributed by atoms with Gasteiger partial charge < -0.3 is 10.5 Å². The maximum atomic E-state index is 13.8. The van der Waals surface area contributed by atoms with Crippen molar-refractivity contribution >= 4 is 0 Å². The van der Waals surface area contributed by atoms with E-state index in [0.29, 0.717) is 5.56 Å². The van der Waals surface area contributed by atoms with Crippen molar-refractivity contribution in [3.63, 3.8) is 0 Å². The molecule has 0 saturated carbocycles. The number of rotatable bonds is 4. The Kier molecular flexibility index (Phi) is 3.69. The molecule has 0 aliphatic carbocycles. The van der Waals surface area contributed by atoms with E-state index in [2.05, 4.69) is 0 Å². The average Bonchev–Trinajstić information content (AvgIpc) is 2.18. The highest BCUT2D eigenvalue weighted by Crippen LogP contribution is 2.26. The molecule has 0 bridgehead atoms. The molecular formula is C12H18FNO. The molecule has 0 saturated heterocycles. The van der Waals surface area contributed by atoms with Gasteiger partial charge >= 0.3 is 0 Å². The molecule has 0 radical (unpaired) electrons. The van der Waals surface area contributed by atoms with Crippen LogP contribution in [0.3, 0.4) is 0 Å².